The van der Waals surface area contributed by atoms with Crippen LogP contribution in [0, 0.1) is 24.4 Å². The summed E-state index contributed by atoms with van der Waals surface area (Å²) in [5, 5.41) is 11.6. The number of anilines is 3. The average Bonchev–Trinajstić information content (AvgIpc) is 3.01. The summed E-state index contributed by atoms with van der Waals surface area (Å²) >= 11 is 0. The maximum atomic E-state index is 14.5. The molecule has 0 bridgehead atoms. The van der Waals surface area contributed by atoms with Crippen LogP contribution in [0.5, 0.6) is 11.6 Å². The van der Waals surface area contributed by atoms with Crippen LogP contribution < -0.4 is 19.7 Å². The number of nitrogens with zero attached hydrogens (tertiary/aromatic N) is 3. The number of hydrogen-bond acceptors (Lipinski definition) is 7. The number of carboxylic acids is 1. The van der Waals surface area contributed by atoms with Crippen molar-refractivity contribution in [1.82, 2.24) is 9.88 Å². The third-order valence-electron chi connectivity index (χ3n) is 7.70. The fourth-order valence-corrected chi connectivity index (χ4v) is 5.96. The number of urea groups is 1. The number of hydrogen-bond donors (Lipinski definition) is 3. The zero-order valence-corrected chi connectivity index (χ0v) is 26.7. The van der Waals surface area contributed by atoms with Gasteiger partial charge >= 0.3 is 12.0 Å². The number of carbonyl (C=O) groups excluding carboxylic acids is 1. The molecule has 2 heterocycles. The van der Waals surface area contributed by atoms with Gasteiger partial charge in [-0.15, -0.1) is 0 Å². The van der Waals surface area contributed by atoms with Crippen molar-refractivity contribution < 1.29 is 41.0 Å². The number of carbonyl (C=O) groups is 2. The summed E-state index contributed by atoms with van der Waals surface area (Å²) in [5.41, 5.74) is 1.00. The van der Waals surface area contributed by atoms with E-state index in [1.54, 1.807) is 30.3 Å². The number of rotatable bonds is 10. The Morgan fingerprint density at radius 1 is 1.00 bits per heavy atom. The molecule has 3 N–H and O–H groups in total. The number of likely N-dealkylation sites (tertiary alicyclic amines) is 1. The van der Waals surface area contributed by atoms with Crippen LogP contribution in [-0.4, -0.2) is 60.8 Å². The number of carboxylic acid groups (broad SMARTS) is 1. The molecule has 0 spiro atoms. The zero-order chi connectivity index (χ0) is 34.6. The first kappa shape index (κ1) is 34.2. The number of aryl methyl sites for hydroxylation is 1. The van der Waals surface area contributed by atoms with Crippen molar-refractivity contribution in [2.45, 2.75) is 32.4 Å². The molecule has 2 amide bonds. The van der Waals surface area contributed by atoms with Gasteiger partial charge in [0.1, 0.15) is 23.2 Å². The molecule has 48 heavy (non-hydrogen) atoms. The summed E-state index contributed by atoms with van der Waals surface area (Å²) < 4.78 is 73.8. The predicted octanol–water partition coefficient (Wildman–Crippen LogP) is 6.37. The minimum atomic E-state index is -3.40. The Kier molecular flexibility index (Phi) is 10.2. The summed E-state index contributed by atoms with van der Waals surface area (Å²) in [6.07, 6.45) is 2.03. The first-order valence-electron chi connectivity index (χ1n) is 14.8. The first-order chi connectivity index (χ1) is 22.8. The summed E-state index contributed by atoms with van der Waals surface area (Å²) in [5.74, 6) is -3.80. The van der Waals surface area contributed by atoms with Crippen molar-refractivity contribution in [3.05, 3.63) is 107 Å². The predicted molar refractivity (Wildman–Crippen MR) is 173 cm³/mol. The molecule has 11 nitrogen and oxygen atoms in total. The van der Waals surface area contributed by atoms with Crippen LogP contribution in [0.25, 0.3) is 0 Å². The number of amides is 2. The highest BCUT2D eigenvalue weighted by Crippen LogP contribution is 2.29. The number of aromatic carboxylic acids is 1. The number of nitrogens with one attached hydrogen (secondary N) is 2. The van der Waals surface area contributed by atoms with E-state index in [0.29, 0.717) is 61.9 Å². The van der Waals surface area contributed by atoms with Gasteiger partial charge in [-0.3, -0.25) is 14.5 Å². The Hall–Kier alpha value is -5.15. The maximum absolute atomic E-state index is 14.5. The van der Waals surface area contributed by atoms with E-state index in [9.17, 15) is 36.3 Å². The van der Waals surface area contributed by atoms with Crippen LogP contribution in [0.1, 0.15) is 34.5 Å². The Morgan fingerprint density at radius 2 is 1.71 bits per heavy atom. The monoisotopic (exact) mass is 683 g/mol. The van der Waals surface area contributed by atoms with E-state index in [0.717, 1.165) is 17.5 Å². The molecular formula is C33H32F3N5O6S. The zero-order valence-electron chi connectivity index (χ0n) is 25.9. The van der Waals surface area contributed by atoms with Crippen molar-refractivity contribution in [3.63, 3.8) is 0 Å². The minimum absolute atomic E-state index is 0.226. The molecule has 0 radical (unpaired) electrons. The van der Waals surface area contributed by atoms with E-state index in [1.807, 2.05) is 13.0 Å². The van der Waals surface area contributed by atoms with Crippen LogP contribution in [-0.2, 0) is 16.6 Å². The lowest BCUT2D eigenvalue weighted by Gasteiger charge is -2.38. The molecule has 0 aliphatic carbocycles. The van der Waals surface area contributed by atoms with Crippen molar-refractivity contribution in [2.24, 2.45) is 0 Å². The molecule has 0 atom stereocenters. The molecule has 1 fully saturated rings. The second-order valence-electron chi connectivity index (χ2n) is 11.3. The lowest BCUT2D eigenvalue weighted by molar-refractivity contribution is 0.0691. The highest BCUT2D eigenvalue weighted by Gasteiger charge is 2.31. The summed E-state index contributed by atoms with van der Waals surface area (Å²) in [7, 11) is -3.40. The number of aromatic nitrogens is 1. The van der Waals surface area contributed by atoms with Gasteiger partial charge in [0.15, 0.2) is 0 Å². The largest absolute Gasteiger partial charge is 0.478 e. The van der Waals surface area contributed by atoms with Gasteiger partial charge in [-0.25, -0.2) is 36.2 Å². The molecule has 3 aromatic carbocycles. The van der Waals surface area contributed by atoms with E-state index in [4.69, 9.17) is 4.74 Å². The Bertz CT molecular complexity index is 1940. The Balaban J connectivity index is 1.24. The molecule has 1 aliphatic heterocycles. The van der Waals surface area contributed by atoms with E-state index >= 15 is 0 Å². The number of ether oxygens (including phenoxy) is 1. The van der Waals surface area contributed by atoms with Gasteiger partial charge in [-0.2, -0.15) is 0 Å². The number of halogens is 3. The fraction of sp³-hybridized carbons (Fsp3) is 0.242. The van der Waals surface area contributed by atoms with Crippen molar-refractivity contribution in [2.75, 3.05) is 34.3 Å². The Morgan fingerprint density at radius 3 is 2.33 bits per heavy atom. The maximum Gasteiger partial charge on any atom is 0.338 e. The molecule has 1 aromatic heterocycles. The molecule has 0 unspecified atom stereocenters. The van der Waals surface area contributed by atoms with Gasteiger partial charge in [0, 0.05) is 54.9 Å². The van der Waals surface area contributed by atoms with Crippen LogP contribution in [0.4, 0.5) is 35.0 Å². The SMILES string of the molecule is Cc1nc(Oc2ccc(NS(C)(=O)=O)cc2)ccc1CN1CCC(N(C(=O)Nc2cc(C(=O)O)c(F)cc2F)c2cccc(F)c2)CC1. The smallest absolute Gasteiger partial charge is 0.338 e. The van der Waals surface area contributed by atoms with Crippen LogP contribution in [0.15, 0.2) is 72.8 Å². The number of pyridine rings is 1. The molecule has 1 saturated heterocycles. The molecule has 5 rings (SSSR count). The van der Waals surface area contributed by atoms with Gasteiger partial charge in [-0.1, -0.05) is 12.1 Å². The van der Waals surface area contributed by atoms with Gasteiger partial charge in [0.05, 0.1) is 17.5 Å². The van der Waals surface area contributed by atoms with Gasteiger partial charge in [-0.05, 0) is 73.9 Å². The van der Waals surface area contributed by atoms with Crippen molar-refractivity contribution in [1.29, 1.82) is 0 Å². The summed E-state index contributed by atoms with van der Waals surface area (Å²) in [6.45, 7) is 3.53. The lowest BCUT2D eigenvalue weighted by Crippen LogP contribution is -2.49. The topological polar surface area (TPSA) is 141 Å². The standard InChI is InChI=1S/C33H32F3N5O6S/c1-20-21(6-11-31(37-20)47-26-9-7-23(8-10-26)39-48(2,45)46)19-40-14-12-24(13-15-40)41(25-5-3-4-22(34)16-25)33(44)38-30-17-27(32(42)43)28(35)18-29(30)36/h3-11,16-18,24,39H,12-15,19H2,1-2H3,(H,38,44)(H,42,43). The van der Waals surface area contributed by atoms with Crippen molar-refractivity contribution >= 4 is 39.1 Å². The van der Waals surface area contributed by atoms with Crippen LogP contribution >= 0.6 is 0 Å². The average molecular weight is 684 g/mol. The first-order valence-corrected chi connectivity index (χ1v) is 16.7. The fourth-order valence-electron chi connectivity index (χ4n) is 5.40. The highest BCUT2D eigenvalue weighted by molar-refractivity contribution is 7.92. The number of benzene rings is 3. The molecule has 1 aliphatic rings. The lowest BCUT2D eigenvalue weighted by atomic mass is 10.0. The molecular weight excluding hydrogens is 651 g/mol. The molecule has 252 valence electrons. The summed E-state index contributed by atoms with van der Waals surface area (Å²) in [4.78, 5) is 32.9. The van der Waals surface area contributed by atoms with E-state index in [-0.39, 0.29) is 5.69 Å². The normalized spacial score (nSPS) is 13.9. The number of sulfonamides is 1. The molecule has 4 aromatic rings. The van der Waals surface area contributed by atoms with Gasteiger partial charge < -0.3 is 15.2 Å². The third kappa shape index (κ3) is 8.60. The van der Waals surface area contributed by atoms with E-state index in [2.05, 4.69) is 19.9 Å². The minimum Gasteiger partial charge on any atom is -0.478 e. The van der Waals surface area contributed by atoms with Crippen molar-refractivity contribution in [3.8, 4) is 11.6 Å². The number of piperidine rings is 1. The van der Waals surface area contributed by atoms with Crippen LogP contribution in [0.3, 0.4) is 0 Å². The third-order valence-corrected chi connectivity index (χ3v) is 8.31. The highest BCUT2D eigenvalue weighted by atomic mass is 32.2. The summed E-state index contributed by atoms with van der Waals surface area (Å²) in [6, 6.07) is 15.3. The quantitative estimate of drug-likeness (QED) is 0.175. The van der Waals surface area contributed by atoms with Gasteiger partial charge in [0.2, 0.25) is 15.9 Å². The van der Waals surface area contributed by atoms with E-state index < -0.39 is 56.8 Å². The second kappa shape index (κ2) is 14.3. The molecule has 15 heteroatoms. The van der Waals surface area contributed by atoms with E-state index in [1.165, 1.54) is 29.2 Å². The molecule has 0 saturated carbocycles. The Labute approximate surface area is 275 Å². The second-order valence-corrected chi connectivity index (χ2v) is 13.0. The van der Waals surface area contributed by atoms with Gasteiger partial charge in [0.25, 0.3) is 0 Å². The van der Waals surface area contributed by atoms with Crippen LogP contribution in [0.2, 0.25) is 0 Å².